The van der Waals surface area contributed by atoms with Gasteiger partial charge in [0.2, 0.25) is 5.91 Å². The molecule has 2 amide bonds. The van der Waals surface area contributed by atoms with Crippen molar-refractivity contribution in [3.8, 4) is 6.07 Å². The number of nitrogens with one attached hydrogen (secondary N) is 1. The standard InChI is InChI=1S/C19H21FN4O4/c20-16-9-14(24-11-15(28-19(24)27)10-22-18(26)12-25)1-2-17(16)23-7-4-13(3-6-21)5-8-23/h1-3,9,15,25H,4-5,7-8,10-12H2,(H,22,26)/t15-/m0/s1. The van der Waals surface area contributed by atoms with Crippen molar-refractivity contribution in [2.24, 2.45) is 0 Å². The molecule has 148 valence electrons. The van der Waals surface area contributed by atoms with Crippen molar-refractivity contribution in [1.82, 2.24) is 5.32 Å². The van der Waals surface area contributed by atoms with E-state index in [1.807, 2.05) is 11.0 Å². The number of carbonyl (C=O) groups excluding carboxylic acids is 2. The van der Waals surface area contributed by atoms with Crippen LogP contribution in [-0.4, -0.2) is 56.0 Å². The molecule has 8 nitrogen and oxygen atoms in total. The highest BCUT2D eigenvalue weighted by atomic mass is 19.1. The molecule has 0 aliphatic carbocycles. The molecule has 1 atom stereocenters. The minimum Gasteiger partial charge on any atom is -0.442 e. The van der Waals surface area contributed by atoms with Crippen LogP contribution in [0.2, 0.25) is 0 Å². The number of ether oxygens (including phenoxy) is 1. The van der Waals surface area contributed by atoms with Gasteiger partial charge in [-0.05, 0) is 31.0 Å². The van der Waals surface area contributed by atoms with E-state index in [2.05, 4.69) is 5.32 Å². The summed E-state index contributed by atoms with van der Waals surface area (Å²) in [4.78, 5) is 26.4. The van der Waals surface area contributed by atoms with E-state index in [0.717, 1.165) is 5.57 Å². The summed E-state index contributed by atoms with van der Waals surface area (Å²) in [5.41, 5.74) is 1.90. The fourth-order valence-electron chi connectivity index (χ4n) is 3.31. The van der Waals surface area contributed by atoms with Crippen molar-refractivity contribution >= 4 is 23.4 Å². The number of aliphatic hydroxyl groups excluding tert-OH is 1. The highest BCUT2D eigenvalue weighted by molar-refractivity contribution is 5.90. The number of benzene rings is 1. The van der Waals surface area contributed by atoms with Gasteiger partial charge in [0.15, 0.2) is 0 Å². The molecule has 2 N–H and O–H groups in total. The third kappa shape index (κ3) is 4.40. The molecule has 2 heterocycles. The minimum atomic E-state index is -0.638. The van der Waals surface area contributed by atoms with Crippen LogP contribution < -0.4 is 15.1 Å². The zero-order chi connectivity index (χ0) is 20.1. The number of rotatable bonds is 5. The molecule has 0 saturated carbocycles. The Balaban J connectivity index is 1.64. The second-order valence-corrected chi connectivity index (χ2v) is 6.63. The monoisotopic (exact) mass is 388 g/mol. The van der Waals surface area contributed by atoms with Gasteiger partial charge in [-0.2, -0.15) is 5.26 Å². The zero-order valence-corrected chi connectivity index (χ0v) is 15.2. The topological polar surface area (TPSA) is 106 Å². The van der Waals surface area contributed by atoms with E-state index in [4.69, 9.17) is 15.1 Å². The number of amides is 2. The molecule has 0 spiro atoms. The lowest BCUT2D eigenvalue weighted by atomic mass is 10.0. The number of hydrogen-bond acceptors (Lipinski definition) is 6. The molecule has 2 saturated heterocycles. The van der Waals surface area contributed by atoms with Crippen LogP contribution >= 0.6 is 0 Å². The van der Waals surface area contributed by atoms with Crippen LogP contribution in [0.25, 0.3) is 0 Å². The van der Waals surface area contributed by atoms with Gasteiger partial charge in [0.1, 0.15) is 18.5 Å². The first-order valence-corrected chi connectivity index (χ1v) is 8.99. The van der Waals surface area contributed by atoms with Crippen LogP contribution in [0.5, 0.6) is 0 Å². The third-order valence-corrected chi connectivity index (χ3v) is 4.80. The molecule has 9 heteroatoms. The Morgan fingerprint density at radius 1 is 1.43 bits per heavy atom. The highest BCUT2D eigenvalue weighted by Gasteiger charge is 2.33. The summed E-state index contributed by atoms with van der Waals surface area (Å²) in [6.07, 6.45) is 1.80. The SMILES string of the molecule is N#CC=C1CCN(c2ccc(N3C[C@H](CNC(=O)CO)OC3=O)cc2F)CC1. The Labute approximate surface area is 161 Å². The Kier molecular flexibility index (Phi) is 6.11. The van der Waals surface area contributed by atoms with Crippen LogP contribution in [0.4, 0.5) is 20.6 Å². The van der Waals surface area contributed by atoms with E-state index in [9.17, 15) is 14.0 Å². The van der Waals surface area contributed by atoms with Crippen LogP contribution in [0.3, 0.4) is 0 Å². The summed E-state index contributed by atoms with van der Waals surface area (Å²) in [7, 11) is 0. The molecule has 0 bridgehead atoms. The lowest BCUT2D eigenvalue weighted by Crippen LogP contribution is -2.36. The molecule has 1 aromatic rings. The first-order valence-electron chi connectivity index (χ1n) is 8.99. The number of cyclic esters (lactones) is 1. The molecule has 2 fully saturated rings. The summed E-state index contributed by atoms with van der Waals surface area (Å²) in [5, 5.41) is 19.9. The number of halogens is 1. The quantitative estimate of drug-likeness (QED) is 0.737. The minimum absolute atomic E-state index is 0.0779. The number of anilines is 2. The zero-order valence-electron chi connectivity index (χ0n) is 15.2. The Morgan fingerprint density at radius 3 is 2.82 bits per heavy atom. The summed E-state index contributed by atoms with van der Waals surface area (Å²) in [6, 6.07) is 6.62. The lowest BCUT2D eigenvalue weighted by molar-refractivity contribution is -0.124. The van der Waals surface area contributed by atoms with Gasteiger partial charge in [-0.1, -0.05) is 5.57 Å². The number of nitriles is 1. The molecule has 2 aliphatic heterocycles. The molecule has 0 aromatic heterocycles. The highest BCUT2D eigenvalue weighted by Crippen LogP contribution is 2.30. The largest absolute Gasteiger partial charge is 0.442 e. The van der Waals surface area contributed by atoms with E-state index in [0.29, 0.717) is 37.3 Å². The Bertz CT molecular complexity index is 826. The lowest BCUT2D eigenvalue weighted by Gasteiger charge is -2.30. The first-order chi connectivity index (χ1) is 13.5. The first kappa shape index (κ1) is 19.6. The van der Waals surface area contributed by atoms with Gasteiger partial charge in [0, 0.05) is 19.2 Å². The summed E-state index contributed by atoms with van der Waals surface area (Å²) in [5.74, 6) is -0.991. The summed E-state index contributed by atoms with van der Waals surface area (Å²) >= 11 is 0. The van der Waals surface area contributed by atoms with E-state index < -0.39 is 30.5 Å². The average Bonchev–Trinajstić information content (AvgIpc) is 3.07. The molecule has 3 rings (SSSR count). The van der Waals surface area contributed by atoms with Gasteiger partial charge in [0.25, 0.3) is 0 Å². The maximum absolute atomic E-state index is 14.7. The maximum atomic E-state index is 14.7. The predicted octanol–water partition coefficient (Wildman–Crippen LogP) is 1.31. The number of nitrogens with zero attached hydrogens (tertiary/aromatic N) is 3. The second-order valence-electron chi connectivity index (χ2n) is 6.63. The number of allylic oxidation sites excluding steroid dienone is 1. The molecular formula is C19H21FN4O4. The fourth-order valence-corrected chi connectivity index (χ4v) is 3.31. The number of carbonyl (C=O) groups is 2. The van der Waals surface area contributed by atoms with Gasteiger partial charge < -0.3 is 20.1 Å². The smallest absolute Gasteiger partial charge is 0.414 e. The van der Waals surface area contributed by atoms with Crippen molar-refractivity contribution in [3.63, 3.8) is 0 Å². The predicted molar refractivity (Wildman–Crippen MR) is 99.3 cm³/mol. The molecule has 2 aliphatic rings. The summed E-state index contributed by atoms with van der Waals surface area (Å²) < 4.78 is 19.9. The van der Waals surface area contributed by atoms with Gasteiger partial charge in [-0.15, -0.1) is 0 Å². The van der Waals surface area contributed by atoms with Crippen LogP contribution in [0, 0.1) is 17.1 Å². The number of hydrogen-bond donors (Lipinski definition) is 2. The van der Waals surface area contributed by atoms with E-state index >= 15 is 0 Å². The number of aliphatic hydroxyl groups is 1. The summed E-state index contributed by atoms with van der Waals surface area (Å²) in [6.45, 7) is 0.871. The van der Waals surface area contributed by atoms with Crippen molar-refractivity contribution in [1.29, 1.82) is 5.26 Å². The molecule has 28 heavy (non-hydrogen) atoms. The van der Waals surface area contributed by atoms with Gasteiger partial charge in [-0.3, -0.25) is 9.69 Å². The van der Waals surface area contributed by atoms with Crippen LogP contribution in [-0.2, 0) is 9.53 Å². The van der Waals surface area contributed by atoms with Gasteiger partial charge in [0.05, 0.1) is 30.5 Å². The van der Waals surface area contributed by atoms with Crippen LogP contribution in [0.1, 0.15) is 12.8 Å². The Hall–Kier alpha value is -3.12. The molecule has 0 unspecified atom stereocenters. The van der Waals surface area contributed by atoms with Crippen LogP contribution in [0.15, 0.2) is 29.8 Å². The number of piperidine rings is 1. The third-order valence-electron chi connectivity index (χ3n) is 4.80. The van der Waals surface area contributed by atoms with E-state index in [-0.39, 0.29) is 13.1 Å². The van der Waals surface area contributed by atoms with Crippen molar-refractivity contribution in [3.05, 3.63) is 35.7 Å². The van der Waals surface area contributed by atoms with E-state index in [1.54, 1.807) is 18.2 Å². The van der Waals surface area contributed by atoms with Crippen molar-refractivity contribution in [2.45, 2.75) is 18.9 Å². The normalized spacial score (nSPS) is 19.2. The van der Waals surface area contributed by atoms with Gasteiger partial charge >= 0.3 is 6.09 Å². The van der Waals surface area contributed by atoms with E-state index in [1.165, 1.54) is 11.0 Å². The van der Waals surface area contributed by atoms with Gasteiger partial charge in [-0.25, -0.2) is 9.18 Å². The Morgan fingerprint density at radius 2 is 2.18 bits per heavy atom. The van der Waals surface area contributed by atoms with Crippen molar-refractivity contribution in [2.75, 3.05) is 42.6 Å². The average molecular weight is 388 g/mol. The fraction of sp³-hybridized carbons (Fsp3) is 0.421. The molecule has 0 radical (unpaired) electrons. The maximum Gasteiger partial charge on any atom is 0.414 e. The molecular weight excluding hydrogens is 367 g/mol. The van der Waals surface area contributed by atoms with Crippen molar-refractivity contribution < 1.29 is 23.8 Å². The second kappa shape index (κ2) is 8.71. The molecule has 1 aromatic carbocycles.